The first-order valence-electron chi connectivity index (χ1n) is 25.7. The van der Waals surface area contributed by atoms with Crippen LogP contribution in [0.3, 0.4) is 0 Å². The minimum absolute atomic E-state index is 1.17. The molecule has 0 saturated heterocycles. The third-order valence-electron chi connectivity index (χ3n) is 15.0. The molecule has 14 rings (SSSR count). The summed E-state index contributed by atoms with van der Waals surface area (Å²) in [6.07, 6.45) is 8.41. The third kappa shape index (κ3) is 7.99. The van der Waals surface area contributed by atoms with E-state index in [9.17, 15) is 0 Å². The van der Waals surface area contributed by atoms with Gasteiger partial charge in [0.15, 0.2) is 0 Å². The van der Waals surface area contributed by atoms with Gasteiger partial charge in [0.2, 0.25) is 0 Å². The number of thiophene rings is 2. The molecule has 0 radical (unpaired) electrons. The van der Waals surface area contributed by atoms with Gasteiger partial charge in [-0.15, -0.1) is 22.7 Å². The van der Waals surface area contributed by atoms with Crippen LogP contribution in [0.1, 0.15) is 12.5 Å². The van der Waals surface area contributed by atoms with Gasteiger partial charge in [0.25, 0.3) is 0 Å². The second kappa shape index (κ2) is 18.8. The van der Waals surface area contributed by atoms with Crippen molar-refractivity contribution in [2.75, 3.05) is 0 Å². The molecule has 0 amide bonds. The van der Waals surface area contributed by atoms with Crippen LogP contribution in [0, 0.1) is 0 Å². The molecule has 2 heteroatoms. The molecule has 2 heterocycles. The van der Waals surface area contributed by atoms with Gasteiger partial charge in [0.05, 0.1) is 0 Å². The summed E-state index contributed by atoms with van der Waals surface area (Å²) in [4.78, 5) is 5.19. The Morgan fingerprint density at radius 1 is 0.253 bits per heavy atom. The van der Waals surface area contributed by atoms with Gasteiger partial charge in [-0.05, 0) is 181 Å². The predicted octanol–water partition coefficient (Wildman–Crippen LogP) is 22.0. The van der Waals surface area contributed by atoms with Crippen LogP contribution in [0.2, 0.25) is 0 Å². The molecule has 2 aromatic heterocycles. The number of rotatable bonds is 9. The Morgan fingerprint density at radius 3 is 1.20 bits per heavy atom. The molecule has 0 bridgehead atoms. The molecule has 0 atom stereocenters. The van der Waals surface area contributed by atoms with Crippen LogP contribution in [0.4, 0.5) is 0 Å². The summed E-state index contributed by atoms with van der Waals surface area (Å²) in [6, 6.07) is 92.8. The number of allylic oxidation sites excluding steroid dienone is 3. The molecular formula is C73H48S2. The second-order valence-corrected chi connectivity index (χ2v) is 21.6. The predicted molar refractivity (Wildman–Crippen MR) is 329 cm³/mol. The van der Waals surface area contributed by atoms with E-state index in [0.29, 0.717) is 0 Å². The fourth-order valence-corrected chi connectivity index (χ4v) is 13.6. The molecule has 12 aromatic carbocycles. The summed E-state index contributed by atoms with van der Waals surface area (Å²) in [7, 11) is 0. The van der Waals surface area contributed by atoms with Crippen molar-refractivity contribution < 1.29 is 0 Å². The molecule has 0 fully saturated rings. The maximum absolute atomic E-state index is 2.49. The molecule has 0 saturated carbocycles. The Bertz CT molecular complexity index is 4520. The fraction of sp³-hybridized carbons (Fsp3) is 0.0137. The van der Waals surface area contributed by atoms with Crippen molar-refractivity contribution >= 4 is 93.4 Å². The second-order valence-electron chi connectivity index (χ2n) is 19.4. The lowest BCUT2D eigenvalue weighted by atomic mass is 9.82. The van der Waals surface area contributed by atoms with Crippen molar-refractivity contribution in [1.82, 2.24) is 0 Å². The number of hydrogen-bond acceptors (Lipinski definition) is 2. The highest BCUT2D eigenvalue weighted by molar-refractivity contribution is 7.25. The highest BCUT2D eigenvalue weighted by Gasteiger charge is 2.21. The minimum atomic E-state index is 1.17. The van der Waals surface area contributed by atoms with Gasteiger partial charge in [-0.2, -0.15) is 0 Å². The van der Waals surface area contributed by atoms with Gasteiger partial charge in [-0.25, -0.2) is 0 Å². The molecule has 75 heavy (non-hydrogen) atoms. The van der Waals surface area contributed by atoms with Crippen molar-refractivity contribution in [1.29, 1.82) is 0 Å². The van der Waals surface area contributed by atoms with E-state index in [4.69, 9.17) is 0 Å². The summed E-state index contributed by atoms with van der Waals surface area (Å²) < 4.78 is 0. The van der Waals surface area contributed by atoms with Gasteiger partial charge >= 0.3 is 0 Å². The van der Waals surface area contributed by atoms with Gasteiger partial charge in [-0.3, -0.25) is 0 Å². The van der Waals surface area contributed by atoms with Crippen LogP contribution in [-0.2, 0) is 0 Å². The van der Waals surface area contributed by atoms with Gasteiger partial charge in [0, 0.05) is 19.5 Å². The van der Waals surface area contributed by atoms with E-state index in [1.807, 2.05) is 29.6 Å². The molecule has 0 aliphatic heterocycles. The zero-order valence-corrected chi connectivity index (χ0v) is 42.9. The highest BCUT2D eigenvalue weighted by Crippen LogP contribution is 2.49. The molecule has 0 N–H and O–H groups in total. The van der Waals surface area contributed by atoms with E-state index < -0.39 is 0 Å². The summed E-state index contributed by atoms with van der Waals surface area (Å²) in [5.41, 5.74) is 13.6. The zero-order valence-electron chi connectivity index (χ0n) is 41.3. The zero-order chi connectivity index (χ0) is 49.8. The summed E-state index contributed by atoms with van der Waals surface area (Å²) in [5, 5.41) is 14.9. The first-order chi connectivity index (χ1) is 37.1. The van der Waals surface area contributed by atoms with Crippen molar-refractivity contribution in [2.24, 2.45) is 0 Å². The van der Waals surface area contributed by atoms with Crippen LogP contribution in [-0.4, -0.2) is 0 Å². The molecule has 0 aliphatic rings. The Balaban J connectivity index is 0.913. The highest BCUT2D eigenvalue weighted by atomic mass is 32.1. The Hall–Kier alpha value is -8.92. The minimum Gasteiger partial charge on any atom is -0.134 e. The molecule has 0 unspecified atom stereocenters. The van der Waals surface area contributed by atoms with Crippen molar-refractivity contribution in [3.63, 3.8) is 0 Å². The van der Waals surface area contributed by atoms with E-state index >= 15 is 0 Å². The molecule has 352 valence electrons. The largest absolute Gasteiger partial charge is 0.134 e. The maximum atomic E-state index is 2.49. The smallest absolute Gasteiger partial charge is 0.0449 e. The molecule has 0 nitrogen and oxygen atoms in total. The summed E-state index contributed by atoms with van der Waals surface area (Å²) in [5.74, 6) is 0. The molecular weight excluding hydrogens is 941 g/mol. The van der Waals surface area contributed by atoms with Crippen molar-refractivity contribution in [2.45, 2.75) is 6.92 Å². The normalized spacial score (nSPS) is 12.0. The number of fused-ring (bicyclic) bond motifs is 6. The van der Waals surface area contributed by atoms with Gasteiger partial charge < -0.3 is 0 Å². The van der Waals surface area contributed by atoms with Crippen LogP contribution in [0.15, 0.2) is 267 Å². The summed E-state index contributed by atoms with van der Waals surface area (Å²) in [6.45, 7) is 2.05. The van der Waals surface area contributed by atoms with Crippen LogP contribution in [0.25, 0.3) is 146 Å². The Labute approximate surface area is 445 Å². The first-order valence-corrected chi connectivity index (χ1v) is 27.4. The SMILES string of the molecule is C/C=C\C=C/c1ccc(-c2c3ccccc3c(-c3ccc4ccccc4c3)c3ccc(-c4c5ccccc5c(-c5ccc6cc(-c7ccc(-c8ccc(-c9ccccc9)s8)s7)ccc6c5)c5ccccc45)cc23)cc1. The quantitative estimate of drug-likeness (QED) is 0.0999. The van der Waals surface area contributed by atoms with E-state index in [0.717, 1.165) is 0 Å². The lowest BCUT2D eigenvalue weighted by Crippen LogP contribution is -1.94. The van der Waals surface area contributed by atoms with Crippen LogP contribution >= 0.6 is 22.7 Å². The average Bonchev–Trinajstić information content (AvgIpc) is 4.21. The van der Waals surface area contributed by atoms with Gasteiger partial charge in [0.1, 0.15) is 0 Å². The fourth-order valence-electron chi connectivity index (χ4n) is 11.5. The van der Waals surface area contributed by atoms with Crippen LogP contribution < -0.4 is 0 Å². The lowest BCUT2D eigenvalue weighted by Gasteiger charge is -2.21. The number of benzene rings is 12. The number of hydrogen-bond donors (Lipinski definition) is 0. The molecule has 0 spiro atoms. The maximum Gasteiger partial charge on any atom is 0.0449 e. The molecule has 0 aliphatic carbocycles. The van der Waals surface area contributed by atoms with Crippen LogP contribution in [0.5, 0.6) is 0 Å². The van der Waals surface area contributed by atoms with E-state index in [1.165, 1.54) is 145 Å². The lowest BCUT2D eigenvalue weighted by molar-refractivity contribution is 1.63. The Morgan fingerprint density at radius 2 is 0.640 bits per heavy atom. The first kappa shape index (κ1) is 44.8. The van der Waals surface area contributed by atoms with Crippen molar-refractivity contribution in [3.05, 3.63) is 273 Å². The van der Waals surface area contributed by atoms with E-state index in [1.54, 1.807) is 0 Å². The summed E-state index contributed by atoms with van der Waals surface area (Å²) >= 11 is 3.73. The van der Waals surface area contributed by atoms with E-state index in [2.05, 4.69) is 273 Å². The van der Waals surface area contributed by atoms with E-state index in [-0.39, 0.29) is 0 Å². The Kier molecular flexibility index (Phi) is 11.2. The average molecular weight is 989 g/mol. The topological polar surface area (TPSA) is 0 Å². The third-order valence-corrected chi connectivity index (χ3v) is 17.5. The molecule has 14 aromatic rings. The monoisotopic (exact) mass is 988 g/mol. The van der Waals surface area contributed by atoms with Crippen molar-refractivity contribution in [3.8, 4) is 75.1 Å². The standard InChI is InChI=1S/C73H48S2/c1-2-3-5-16-47-27-29-50(30-28-47)70-58-21-10-11-22-59(58)72(55-35-31-48-17-8-9-20-51(48)44-55)64-38-37-57(46-65(64)70)73-62-25-14-12-23-60(62)71(61-24-13-15-26-63(61)73)56-36-33-52-43-54(34-32-53(52)45-56)67-40-42-69(75-67)68-41-39-66(74-68)49-18-6-4-7-19-49/h2-46H,1H3/b3-2-,16-5-. The van der Waals surface area contributed by atoms with Gasteiger partial charge in [-0.1, -0.05) is 224 Å².